The summed E-state index contributed by atoms with van der Waals surface area (Å²) in [6.45, 7) is 2.51. The van der Waals surface area contributed by atoms with Gasteiger partial charge in [-0.1, -0.05) is 32.1 Å². The number of amides is 2. The van der Waals surface area contributed by atoms with E-state index in [2.05, 4.69) is 46.7 Å². The number of carbonyl (C=O) groups excluding carboxylic acids is 2. The van der Waals surface area contributed by atoms with Gasteiger partial charge in [-0.05, 0) is 65.4 Å². The van der Waals surface area contributed by atoms with Crippen LogP contribution in [0.5, 0.6) is 5.75 Å². The Morgan fingerprint density at radius 3 is 2.37 bits per heavy atom. The standard InChI is InChI=1S/C28H39BrN6O3/c1-38-24-9-7-23(8-10-24)30-13-14-31-27(37)25(17-20-5-3-2-4-6-20)34-26(36)21-11-15-35(16-12-21)28-32-18-22(29)19-33-28/h7-10,18-21,25,30H,2-6,11-17H2,1H3,(H,31,37)(H,34,36)/t25-/m0/s1. The van der Waals surface area contributed by atoms with Crippen LogP contribution in [0.3, 0.4) is 0 Å². The molecule has 1 aromatic carbocycles. The maximum absolute atomic E-state index is 13.2. The van der Waals surface area contributed by atoms with E-state index in [9.17, 15) is 9.59 Å². The van der Waals surface area contributed by atoms with Gasteiger partial charge in [0.05, 0.1) is 11.6 Å². The second-order valence-corrected chi connectivity index (χ2v) is 11.1. The van der Waals surface area contributed by atoms with E-state index < -0.39 is 6.04 Å². The lowest BCUT2D eigenvalue weighted by atomic mass is 9.84. The molecular formula is C28H39BrN6O3. The van der Waals surface area contributed by atoms with Gasteiger partial charge in [-0.25, -0.2) is 9.97 Å². The van der Waals surface area contributed by atoms with Crippen molar-refractivity contribution in [3.05, 3.63) is 41.1 Å². The molecule has 2 heterocycles. The number of hydrogen-bond acceptors (Lipinski definition) is 7. The molecular weight excluding hydrogens is 548 g/mol. The van der Waals surface area contributed by atoms with Crippen molar-refractivity contribution in [2.45, 2.75) is 57.4 Å². The molecule has 2 aromatic rings. The van der Waals surface area contributed by atoms with Crippen molar-refractivity contribution in [2.75, 3.05) is 43.5 Å². The number of anilines is 2. The number of methoxy groups -OCH3 is 1. The molecule has 10 heteroatoms. The lowest BCUT2D eigenvalue weighted by Crippen LogP contribution is -2.51. The summed E-state index contributed by atoms with van der Waals surface area (Å²) in [5.41, 5.74) is 0.965. The summed E-state index contributed by atoms with van der Waals surface area (Å²) in [5, 5.41) is 9.47. The highest BCUT2D eigenvalue weighted by Gasteiger charge is 2.31. The average Bonchev–Trinajstić information content (AvgIpc) is 2.96. The third-order valence-corrected chi connectivity index (χ3v) is 7.93. The zero-order valence-electron chi connectivity index (χ0n) is 22.1. The molecule has 1 aromatic heterocycles. The number of nitrogens with zero attached hydrogens (tertiary/aromatic N) is 3. The number of piperidine rings is 1. The van der Waals surface area contributed by atoms with Crippen LogP contribution in [0, 0.1) is 11.8 Å². The van der Waals surface area contributed by atoms with E-state index in [0.29, 0.717) is 31.4 Å². The van der Waals surface area contributed by atoms with Crippen molar-refractivity contribution >= 4 is 39.4 Å². The SMILES string of the molecule is COc1ccc(NCCNC(=O)[C@H](CC2CCCCC2)NC(=O)C2CCN(c3ncc(Br)cn3)CC2)cc1. The minimum atomic E-state index is -0.501. The maximum Gasteiger partial charge on any atom is 0.242 e. The fourth-order valence-corrected chi connectivity index (χ4v) is 5.52. The van der Waals surface area contributed by atoms with Gasteiger partial charge in [0.2, 0.25) is 17.8 Å². The summed E-state index contributed by atoms with van der Waals surface area (Å²) in [7, 11) is 1.64. The Hall–Kier alpha value is -2.88. The Morgan fingerprint density at radius 1 is 1.03 bits per heavy atom. The first kappa shape index (κ1) is 28.1. The van der Waals surface area contributed by atoms with Crippen molar-refractivity contribution in [3.63, 3.8) is 0 Å². The summed E-state index contributed by atoms with van der Waals surface area (Å²) in [4.78, 5) is 37.3. The summed E-state index contributed by atoms with van der Waals surface area (Å²) >= 11 is 3.37. The highest BCUT2D eigenvalue weighted by atomic mass is 79.9. The zero-order chi connectivity index (χ0) is 26.7. The molecule has 0 bridgehead atoms. The van der Waals surface area contributed by atoms with Crippen LogP contribution in [0.4, 0.5) is 11.6 Å². The number of rotatable bonds is 11. The third-order valence-electron chi connectivity index (χ3n) is 7.53. The molecule has 0 spiro atoms. The number of ether oxygens (including phenoxy) is 1. The number of aromatic nitrogens is 2. The topological polar surface area (TPSA) is 108 Å². The molecule has 4 rings (SSSR count). The van der Waals surface area contributed by atoms with Gasteiger partial charge in [0.15, 0.2) is 0 Å². The smallest absolute Gasteiger partial charge is 0.242 e. The van der Waals surface area contributed by atoms with Gasteiger partial charge in [0, 0.05) is 50.2 Å². The molecule has 9 nitrogen and oxygen atoms in total. The number of halogens is 1. The first-order valence-electron chi connectivity index (χ1n) is 13.7. The Kier molecular flexibility index (Phi) is 10.6. The predicted molar refractivity (Wildman–Crippen MR) is 152 cm³/mol. The highest BCUT2D eigenvalue weighted by molar-refractivity contribution is 9.10. The normalized spacial score (nSPS) is 17.5. The predicted octanol–water partition coefficient (Wildman–Crippen LogP) is 4.15. The fourth-order valence-electron chi connectivity index (χ4n) is 5.31. The van der Waals surface area contributed by atoms with E-state index in [1.807, 2.05) is 24.3 Å². The minimum Gasteiger partial charge on any atom is -0.497 e. The maximum atomic E-state index is 13.2. The highest BCUT2D eigenvalue weighted by Crippen LogP contribution is 2.28. The first-order chi connectivity index (χ1) is 18.5. The summed E-state index contributed by atoms with van der Waals surface area (Å²) in [6.07, 6.45) is 11.5. The molecule has 2 fully saturated rings. The summed E-state index contributed by atoms with van der Waals surface area (Å²) < 4.78 is 6.03. The largest absolute Gasteiger partial charge is 0.497 e. The number of nitrogens with one attached hydrogen (secondary N) is 3. The van der Waals surface area contributed by atoms with E-state index in [0.717, 1.165) is 54.7 Å². The van der Waals surface area contributed by atoms with Crippen LogP contribution in [-0.2, 0) is 9.59 Å². The molecule has 1 atom stereocenters. The molecule has 0 radical (unpaired) electrons. The Morgan fingerprint density at radius 2 is 1.71 bits per heavy atom. The third kappa shape index (κ3) is 8.31. The quantitative estimate of drug-likeness (QED) is 0.339. The van der Waals surface area contributed by atoms with Gasteiger partial charge in [0.1, 0.15) is 11.8 Å². The lowest BCUT2D eigenvalue weighted by Gasteiger charge is -2.32. The molecule has 2 aliphatic rings. The second kappa shape index (κ2) is 14.3. The molecule has 3 N–H and O–H groups in total. The number of hydrogen-bond donors (Lipinski definition) is 3. The van der Waals surface area contributed by atoms with E-state index in [-0.39, 0.29) is 17.7 Å². The van der Waals surface area contributed by atoms with Crippen molar-refractivity contribution in [1.82, 2.24) is 20.6 Å². The summed E-state index contributed by atoms with van der Waals surface area (Å²) in [6, 6.07) is 7.18. The molecule has 0 unspecified atom stereocenters. The summed E-state index contributed by atoms with van der Waals surface area (Å²) in [5.74, 6) is 1.74. The van der Waals surface area contributed by atoms with Crippen LogP contribution < -0.4 is 25.6 Å². The number of benzene rings is 1. The second-order valence-electron chi connectivity index (χ2n) is 10.2. The molecule has 1 aliphatic carbocycles. The van der Waals surface area contributed by atoms with Crippen LogP contribution in [0.2, 0.25) is 0 Å². The van der Waals surface area contributed by atoms with Crippen LogP contribution >= 0.6 is 15.9 Å². The molecule has 1 aliphatic heterocycles. The van der Waals surface area contributed by atoms with Crippen LogP contribution in [-0.4, -0.2) is 61.1 Å². The van der Waals surface area contributed by atoms with Crippen LogP contribution in [0.25, 0.3) is 0 Å². The van der Waals surface area contributed by atoms with Crippen molar-refractivity contribution in [3.8, 4) is 5.75 Å². The Labute approximate surface area is 233 Å². The Bertz CT molecular complexity index is 1020. The van der Waals surface area contributed by atoms with E-state index in [1.54, 1.807) is 19.5 Å². The molecule has 38 heavy (non-hydrogen) atoms. The minimum absolute atomic E-state index is 0.0197. The van der Waals surface area contributed by atoms with Crippen LogP contribution in [0.1, 0.15) is 51.4 Å². The molecule has 2 amide bonds. The van der Waals surface area contributed by atoms with Crippen molar-refractivity contribution < 1.29 is 14.3 Å². The van der Waals surface area contributed by atoms with Gasteiger partial charge < -0.3 is 25.6 Å². The fraction of sp³-hybridized carbons (Fsp3) is 0.571. The van der Waals surface area contributed by atoms with Gasteiger partial charge >= 0.3 is 0 Å². The monoisotopic (exact) mass is 586 g/mol. The Balaban J connectivity index is 1.27. The lowest BCUT2D eigenvalue weighted by molar-refractivity contribution is -0.132. The van der Waals surface area contributed by atoms with Crippen molar-refractivity contribution in [2.24, 2.45) is 11.8 Å². The van der Waals surface area contributed by atoms with Crippen LogP contribution in [0.15, 0.2) is 41.1 Å². The van der Waals surface area contributed by atoms with E-state index in [4.69, 9.17) is 4.74 Å². The van der Waals surface area contributed by atoms with Gasteiger partial charge in [-0.15, -0.1) is 0 Å². The number of carbonyl (C=O) groups is 2. The first-order valence-corrected chi connectivity index (χ1v) is 14.5. The van der Waals surface area contributed by atoms with Gasteiger partial charge in [-0.3, -0.25) is 9.59 Å². The molecule has 1 saturated heterocycles. The van der Waals surface area contributed by atoms with Gasteiger partial charge in [-0.2, -0.15) is 0 Å². The van der Waals surface area contributed by atoms with Gasteiger partial charge in [0.25, 0.3) is 0 Å². The zero-order valence-corrected chi connectivity index (χ0v) is 23.7. The molecule has 206 valence electrons. The van der Waals surface area contributed by atoms with E-state index in [1.165, 1.54) is 19.3 Å². The average molecular weight is 588 g/mol. The van der Waals surface area contributed by atoms with E-state index >= 15 is 0 Å². The van der Waals surface area contributed by atoms with Crippen molar-refractivity contribution in [1.29, 1.82) is 0 Å². The molecule has 1 saturated carbocycles.